The second-order valence-electron chi connectivity index (χ2n) is 3.97. The SMILES string of the molecule is O=C(O)c1cc2c(C(F)(F)F)nn(-c3cccnn3)c2s1. The Labute approximate surface area is 118 Å². The second-order valence-corrected chi connectivity index (χ2v) is 5.01. The first kappa shape index (κ1) is 13.5. The average molecular weight is 314 g/mol. The number of carboxylic acids is 1. The molecule has 3 heterocycles. The van der Waals surface area contributed by atoms with Crippen LogP contribution in [0.1, 0.15) is 15.4 Å². The van der Waals surface area contributed by atoms with E-state index < -0.39 is 17.8 Å². The first-order valence-electron chi connectivity index (χ1n) is 5.49. The number of rotatable bonds is 2. The first-order chi connectivity index (χ1) is 9.88. The molecule has 0 aliphatic heterocycles. The van der Waals surface area contributed by atoms with E-state index in [0.29, 0.717) is 11.3 Å². The van der Waals surface area contributed by atoms with Crippen LogP contribution in [0, 0.1) is 0 Å². The Hall–Kier alpha value is -2.49. The van der Waals surface area contributed by atoms with Crippen LogP contribution in [0.25, 0.3) is 16.0 Å². The highest BCUT2D eigenvalue weighted by Gasteiger charge is 2.38. The van der Waals surface area contributed by atoms with Gasteiger partial charge in [-0.2, -0.15) is 23.4 Å². The number of alkyl halides is 3. The summed E-state index contributed by atoms with van der Waals surface area (Å²) in [4.78, 5) is 10.8. The second kappa shape index (κ2) is 4.52. The number of halogens is 3. The number of aromatic carboxylic acids is 1. The standard InChI is InChI=1S/C11H5F3N4O2S/c12-11(13,14)8-5-4-6(10(19)20)21-9(5)18(17-8)7-2-1-3-15-16-7/h1-4H,(H,19,20). The average Bonchev–Trinajstić information content (AvgIpc) is 2.96. The molecule has 6 nitrogen and oxygen atoms in total. The first-order valence-corrected chi connectivity index (χ1v) is 6.30. The number of fused-ring (bicyclic) bond motifs is 1. The van der Waals surface area contributed by atoms with Crippen molar-refractivity contribution < 1.29 is 23.1 Å². The molecule has 0 saturated heterocycles. The van der Waals surface area contributed by atoms with Crippen molar-refractivity contribution in [1.29, 1.82) is 0 Å². The van der Waals surface area contributed by atoms with Crippen LogP contribution < -0.4 is 0 Å². The highest BCUT2D eigenvalue weighted by molar-refractivity contribution is 7.20. The summed E-state index contributed by atoms with van der Waals surface area (Å²) in [5.74, 6) is -1.22. The van der Waals surface area contributed by atoms with Crippen LogP contribution >= 0.6 is 11.3 Å². The van der Waals surface area contributed by atoms with E-state index in [1.165, 1.54) is 18.3 Å². The molecule has 21 heavy (non-hydrogen) atoms. The zero-order valence-corrected chi connectivity index (χ0v) is 10.8. The summed E-state index contributed by atoms with van der Waals surface area (Å²) >= 11 is 0.697. The minimum absolute atomic E-state index is 0.0558. The molecule has 108 valence electrons. The number of hydrogen-bond donors (Lipinski definition) is 1. The van der Waals surface area contributed by atoms with Crippen LogP contribution in [0.15, 0.2) is 24.4 Å². The Morgan fingerprint density at radius 3 is 2.71 bits per heavy atom. The predicted molar refractivity (Wildman–Crippen MR) is 66.5 cm³/mol. The monoisotopic (exact) mass is 314 g/mol. The molecule has 0 unspecified atom stereocenters. The zero-order valence-electron chi connectivity index (χ0n) is 10.00. The van der Waals surface area contributed by atoms with Gasteiger partial charge < -0.3 is 5.11 Å². The Morgan fingerprint density at radius 2 is 2.14 bits per heavy atom. The molecule has 3 aromatic rings. The summed E-state index contributed by atoms with van der Waals surface area (Å²) in [6.07, 6.45) is -3.32. The van der Waals surface area contributed by atoms with Gasteiger partial charge in [-0.1, -0.05) is 0 Å². The molecular formula is C11H5F3N4O2S. The van der Waals surface area contributed by atoms with Crippen molar-refractivity contribution in [3.8, 4) is 5.82 Å². The number of carbonyl (C=O) groups is 1. The van der Waals surface area contributed by atoms with Crippen molar-refractivity contribution in [3.63, 3.8) is 0 Å². The lowest BCUT2D eigenvalue weighted by molar-refractivity contribution is -0.140. The Kier molecular flexibility index (Phi) is 2.90. The summed E-state index contributed by atoms with van der Waals surface area (Å²) in [6, 6.07) is 3.89. The Bertz CT molecular complexity index is 825. The van der Waals surface area contributed by atoms with E-state index in [0.717, 1.165) is 10.7 Å². The third-order valence-electron chi connectivity index (χ3n) is 2.61. The van der Waals surface area contributed by atoms with E-state index in [4.69, 9.17) is 5.11 Å². The van der Waals surface area contributed by atoms with E-state index in [-0.39, 0.29) is 20.9 Å². The fourth-order valence-electron chi connectivity index (χ4n) is 1.78. The molecule has 3 aromatic heterocycles. The quantitative estimate of drug-likeness (QED) is 0.786. The number of aromatic nitrogens is 4. The lowest BCUT2D eigenvalue weighted by atomic mass is 10.3. The van der Waals surface area contributed by atoms with Gasteiger partial charge in [0.15, 0.2) is 11.5 Å². The van der Waals surface area contributed by atoms with Crippen LogP contribution in [-0.2, 0) is 6.18 Å². The predicted octanol–water partition coefficient (Wildman–Crippen LogP) is 2.59. The maximum atomic E-state index is 13.0. The van der Waals surface area contributed by atoms with Crippen LogP contribution in [0.5, 0.6) is 0 Å². The fraction of sp³-hybridized carbons (Fsp3) is 0.0909. The highest BCUT2D eigenvalue weighted by Crippen LogP contribution is 2.38. The Balaban J connectivity index is 2.32. The summed E-state index contributed by atoms with van der Waals surface area (Å²) in [5.41, 5.74) is -1.15. The van der Waals surface area contributed by atoms with E-state index in [1.54, 1.807) is 0 Å². The van der Waals surface area contributed by atoms with Gasteiger partial charge in [-0.15, -0.1) is 16.4 Å². The summed E-state index contributed by atoms with van der Waals surface area (Å²) in [5, 5.41) is 19.4. The molecule has 0 aliphatic carbocycles. The largest absolute Gasteiger partial charge is 0.477 e. The van der Waals surface area contributed by atoms with E-state index in [9.17, 15) is 18.0 Å². The van der Waals surface area contributed by atoms with E-state index in [2.05, 4.69) is 15.3 Å². The summed E-state index contributed by atoms with van der Waals surface area (Å²) in [7, 11) is 0. The molecule has 0 radical (unpaired) electrons. The smallest absolute Gasteiger partial charge is 0.435 e. The molecule has 0 aromatic carbocycles. The molecule has 0 spiro atoms. The molecular weight excluding hydrogens is 309 g/mol. The van der Waals surface area contributed by atoms with Gasteiger partial charge >= 0.3 is 12.1 Å². The zero-order chi connectivity index (χ0) is 15.2. The number of nitrogens with zero attached hydrogens (tertiary/aromatic N) is 4. The summed E-state index contributed by atoms with van der Waals surface area (Å²) in [6.45, 7) is 0. The minimum atomic E-state index is -4.69. The number of carboxylic acid groups (broad SMARTS) is 1. The third kappa shape index (κ3) is 2.23. The molecule has 0 amide bonds. The van der Waals surface area contributed by atoms with Gasteiger partial charge in [0.25, 0.3) is 0 Å². The summed E-state index contributed by atoms with van der Waals surface area (Å²) < 4.78 is 40.0. The van der Waals surface area contributed by atoms with Crippen molar-refractivity contribution in [2.45, 2.75) is 6.18 Å². The van der Waals surface area contributed by atoms with Gasteiger partial charge in [0.05, 0.1) is 0 Å². The maximum Gasteiger partial charge on any atom is 0.435 e. The lowest BCUT2D eigenvalue weighted by Gasteiger charge is -2.02. The van der Waals surface area contributed by atoms with Crippen molar-refractivity contribution in [3.05, 3.63) is 35.0 Å². The van der Waals surface area contributed by atoms with E-state index >= 15 is 0 Å². The van der Waals surface area contributed by atoms with Gasteiger partial charge in [0, 0.05) is 11.6 Å². The van der Waals surface area contributed by atoms with E-state index in [1.807, 2.05) is 0 Å². The molecule has 10 heteroatoms. The molecule has 0 saturated carbocycles. The molecule has 0 bridgehead atoms. The maximum absolute atomic E-state index is 13.0. The molecule has 0 atom stereocenters. The molecule has 0 aliphatic rings. The molecule has 1 N–H and O–H groups in total. The van der Waals surface area contributed by atoms with Gasteiger partial charge in [-0.3, -0.25) is 0 Å². The normalized spacial score (nSPS) is 12.0. The third-order valence-corrected chi connectivity index (χ3v) is 3.71. The lowest BCUT2D eigenvalue weighted by Crippen LogP contribution is -2.08. The number of hydrogen-bond acceptors (Lipinski definition) is 5. The van der Waals surface area contributed by atoms with Gasteiger partial charge in [-0.25, -0.2) is 9.48 Å². The highest BCUT2D eigenvalue weighted by atomic mass is 32.1. The van der Waals surface area contributed by atoms with Crippen LogP contribution in [0.3, 0.4) is 0 Å². The van der Waals surface area contributed by atoms with Crippen LogP contribution in [0.4, 0.5) is 13.2 Å². The van der Waals surface area contributed by atoms with Crippen molar-refractivity contribution in [1.82, 2.24) is 20.0 Å². The number of thiophene rings is 1. The van der Waals surface area contributed by atoms with Crippen LogP contribution in [0.2, 0.25) is 0 Å². The van der Waals surface area contributed by atoms with Gasteiger partial charge in [-0.05, 0) is 18.2 Å². The van der Waals surface area contributed by atoms with Gasteiger partial charge in [0.1, 0.15) is 9.71 Å². The van der Waals surface area contributed by atoms with Crippen molar-refractivity contribution >= 4 is 27.5 Å². The van der Waals surface area contributed by atoms with Crippen molar-refractivity contribution in [2.24, 2.45) is 0 Å². The van der Waals surface area contributed by atoms with Crippen LogP contribution in [-0.4, -0.2) is 31.1 Å². The topological polar surface area (TPSA) is 80.9 Å². The molecule has 3 rings (SSSR count). The molecule has 0 fully saturated rings. The minimum Gasteiger partial charge on any atom is -0.477 e. The fourth-order valence-corrected chi connectivity index (χ4v) is 2.74. The van der Waals surface area contributed by atoms with Crippen molar-refractivity contribution in [2.75, 3.05) is 0 Å². The Morgan fingerprint density at radius 1 is 1.38 bits per heavy atom. The van der Waals surface area contributed by atoms with Gasteiger partial charge in [0.2, 0.25) is 0 Å².